The molecular weight excluding hydrogens is 391 g/mol. The van der Waals surface area contributed by atoms with Gasteiger partial charge in [0, 0.05) is 24.7 Å². The minimum atomic E-state index is -3.95. The van der Waals surface area contributed by atoms with Gasteiger partial charge in [-0.3, -0.25) is 9.10 Å². The van der Waals surface area contributed by atoms with Crippen molar-refractivity contribution >= 4 is 21.6 Å². The normalized spacial score (nSPS) is 14.1. The third-order valence-electron chi connectivity index (χ3n) is 4.94. The Morgan fingerprint density at radius 1 is 0.966 bits per heavy atom. The van der Waals surface area contributed by atoms with Crippen molar-refractivity contribution in [3.8, 4) is 11.1 Å². The number of amides is 1. The molecule has 5 nitrogen and oxygen atoms in total. The molecule has 0 aromatic heterocycles. The summed E-state index contributed by atoms with van der Waals surface area (Å²) in [6.07, 6.45) is 0. The maximum atomic E-state index is 13.9. The third-order valence-corrected chi connectivity index (χ3v) is 6.76. The van der Waals surface area contributed by atoms with Crippen LogP contribution < -0.4 is 4.31 Å². The second kappa shape index (κ2) is 7.33. The smallest absolute Gasteiger partial charge is 0.265 e. The number of rotatable bonds is 4. The van der Waals surface area contributed by atoms with E-state index in [1.165, 1.54) is 29.2 Å². The lowest BCUT2D eigenvalue weighted by Crippen LogP contribution is -2.43. The highest BCUT2D eigenvalue weighted by molar-refractivity contribution is 7.93. The van der Waals surface area contributed by atoms with Gasteiger partial charge in [0.25, 0.3) is 10.0 Å². The standard InChI is InChI=1S/C22H19FN2O3S/c1-24(14-16-7-3-2-4-8-16)22(26)15-25-20-12-11-17(23)13-19(20)18-9-5-6-10-21(18)29(25,27)28/h2-13H,14-15H2,1H3. The maximum absolute atomic E-state index is 13.9. The second-order valence-corrected chi connectivity index (χ2v) is 8.74. The van der Waals surface area contributed by atoms with Gasteiger partial charge >= 0.3 is 0 Å². The van der Waals surface area contributed by atoms with Gasteiger partial charge in [0.1, 0.15) is 12.4 Å². The fourth-order valence-corrected chi connectivity index (χ4v) is 5.11. The molecule has 0 unspecified atom stereocenters. The predicted molar refractivity (Wildman–Crippen MR) is 109 cm³/mol. The average Bonchev–Trinajstić information content (AvgIpc) is 2.72. The van der Waals surface area contributed by atoms with E-state index in [1.54, 1.807) is 25.2 Å². The van der Waals surface area contributed by atoms with Crippen LogP contribution in [0.5, 0.6) is 0 Å². The van der Waals surface area contributed by atoms with Crippen molar-refractivity contribution in [1.29, 1.82) is 0 Å². The summed E-state index contributed by atoms with van der Waals surface area (Å²) in [4.78, 5) is 14.4. The summed E-state index contributed by atoms with van der Waals surface area (Å²) >= 11 is 0. The monoisotopic (exact) mass is 410 g/mol. The van der Waals surface area contributed by atoms with E-state index in [2.05, 4.69) is 0 Å². The predicted octanol–water partition coefficient (Wildman–Crippen LogP) is 3.66. The van der Waals surface area contributed by atoms with Crippen LogP contribution in [0.2, 0.25) is 0 Å². The summed E-state index contributed by atoms with van der Waals surface area (Å²) in [6, 6.07) is 19.8. The number of halogens is 1. The van der Waals surface area contributed by atoms with Crippen molar-refractivity contribution in [2.75, 3.05) is 17.9 Å². The highest BCUT2D eigenvalue weighted by Gasteiger charge is 2.36. The first-order chi connectivity index (χ1) is 13.9. The molecule has 1 amide bonds. The van der Waals surface area contributed by atoms with Crippen LogP contribution in [-0.2, 0) is 21.4 Å². The van der Waals surface area contributed by atoms with Gasteiger partial charge in [-0.2, -0.15) is 0 Å². The lowest BCUT2D eigenvalue weighted by atomic mass is 10.0. The molecule has 0 atom stereocenters. The summed E-state index contributed by atoms with van der Waals surface area (Å²) in [6.45, 7) is -0.000936. The average molecular weight is 410 g/mol. The molecule has 0 N–H and O–H groups in total. The Morgan fingerprint density at radius 2 is 1.66 bits per heavy atom. The summed E-state index contributed by atoms with van der Waals surface area (Å²) in [5, 5.41) is 0. The molecule has 3 aromatic rings. The van der Waals surface area contributed by atoms with Crippen LogP contribution in [0.3, 0.4) is 0 Å². The lowest BCUT2D eigenvalue weighted by Gasteiger charge is -2.32. The number of carbonyl (C=O) groups excluding carboxylic acids is 1. The molecule has 0 aliphatic carbocycles. The highest BCUT2D eigenvalue weighted by atomic mass is 32.2. The number of sulfonamides is 1. The molecule has 0 saturated heterocycles. The molecule has 0 saturated carbocycles. The van der Waals surface area contributed by atoms with Crippen molar-refractivity contribution in [3.63, 3.8) is 0 Å². The summed E-state index contributed by atoms with van der Waals surface area (Å²) in [5.74, 6) is -0.822. The summed E-state index contributed by atoms with van der Waals surface area (Å²) in [7, 11) is -2.32. The Balaban J connectivity index is 1.69. The fourth-order valence-electron chi connectivity index (χ4n) is 3.46. The van der Waals surface area contributed by atoms with Crippen molar-refractivity contribution in [2.45, 2.75) is 11.4 Å². The van der Waals surface area contributed by atoms with Gasteiger partial charge in [-0.1, -0.05) is 48.5 Å². The molecule has 0 spiro atoms. The van der Waals surface area contributed by atoms with Gasteiger partial charge in [0.05, 0.1) is 10.6 Å². The molecule has 1 heterocycles. The number of carbonyl (C=O) groups is 1. The van der Waals surface area contributed by atoms with E-state index in [0.717, 1.165) is 9.87 Å². The van der Waals surface area contributed by atoms with Crippen molar-refractivity contribution in [1.82, 2.24) is 4.90 Å². The van der Waals surface area contributed by atoms with E-state index in [9.17, 15) is 17.6 Å². The Morgan fingerprint density at radius 3 is 2.41 bits per heavy atom. The van der Waals surface area contributed by atoms with Crippen LogP contribution in [0.25, 0.3) is 11.1 Å². The Kier molecular flexibility index (Phi) is 4.84. The number of hydrogen-bond donors (Lipinski definition) is 0. The number of hydrogen-bond acceptors (Lipinski definition) is 3. The van der Waals surface area contributed by atoms with Gasteiger partial charge < -0.3 is 4.90 Å². The molecular formula is C22H19FN2O3S. The second-order valence-electron chi connectivity index (χ2n) is 6.90. The Bertz CT molecular complexity index is 1180. The topological polar surface area (TPSA) is 57.7 Å². The van der Waals surface area contributed by atoms with Crippen LogP contribution in [-0.4, -0.2) is 32.8 Å². The molecule has 1 aliphatic rings. The minimum absolute atomic E-state index is 0.0663. The first-order valence-electron chi connectivity index (χ1n) is 9.07. The quantitative estimate of drug-likeness (QED) is 0.660. The van der Waals surface area contributed by atoms with Crippen molar-refractivity contribution < 1.29 is 17.6 Å². The molecule has 1 aliphatic heterocycles. The molecule has 3 aromatic carbocycles. The fraction of sp³-hybridized carbons (Fsp3) is 0.136. The molecule has 0 radical (unpaired) electrons. The highest BCUT2D eigenvalue weighted by Crippen LogP contribution is 2.43. The number of anilines is 1. The van der Waals surface area contributed by atoms with Gasteiger partial charge in [-0.05, 0) is 29.8 Å². The summed E-state index contributed by atoms with van der Waals surface area (Å²) in [5.41, 5.74) is 2.13. The molecule has 148 valence electrons. The lowest BCUT2D eigenvalue weighted by molar-refractivity contribution is -0.128. The molecule has 7 heteroatoms. The summed E-state index contributed by atoms with van der Waals surface area (Å²) < 4.78 is 41.4. The molecule has 29 heavy (non-hydrogen) atoms. The zero-order chi connectivity index (χ0) is 20.6. The van der Waals surface area contributed by atoms with E-state index < -0.39 is 15.8 Å². The molecule has 0 bridgehead atoms. The Labute approximate surface area is 169 Å². The number of fused-ring (bicyclic) bond motifs is 3. The van der Waals surface area contributed by atoms with E-state index >= 15 is 0 Å². The minimum Gasteiger partial charge on any atom is -0.340 e. The Hall–Kier alpha value is -3.19. The van der Waals surface area contributed by atoms with E-state index in [0.29, 0.717) is 23.4 Å². The van der Waals surface area contributed by atoms with E-state index in [1.807, 2.05) is 30.3 Å². The zero-order valence-electron chi connectivity index (χ0n) is 15.7. The van der Waals surface area contributed by atoms with Gasteiger partial charge in [0.2, 0.25) is 5.91 Å². The van der Waals surface area contributed by atoms with Gasteiger partial charge in [-0.25, -0.2) is 12.8 Å². The van der Waals surface area contributed by atoms with Gasteiger partial charge in [-0.15, -0.1) is 0 Å². The van der Waals surface area contributed by atoms with Crippen LogP contribution in [0.4, 0.5) is 10.1 Å². The first-order valence-corrected chi connectivity index (χ1v) is 10.5. The van der Waals surface area contributed by atoms with Crippen LogP contribution in [0.15, 0.2) is 77.7 Å². The number of nitrogens with zero attached hydrogens (tertiary/aromatic N) is 2. The van der Waals surface area contributed by atoms with Crippen molar-refractivity contribution in [2.24, 2.45) is 0 Å². The maximum Gasteiger partial charge on any atom is 0.265 e. The largest absolute Gasteiger partial charge is 0.340 e. The first kappa shape index (κ1) is 19.1. The van der Waals surface area contributed by atoms with Gasteiger partial charge in [0.15, 0.2) is 0 Å². The van der Waals surface area contributed by atoms with E-state index in [-0.39, 0.29) is 17.3 Å². The number of benzene rings is 3. The SMILES string of the molecule is CN(Cc1ccccc1)C(=O)CN1c2ccc(F)cc2-c2ccccc2S1(=O)=O. The van der Waals surface area contributed by atoms with E-state index in [4.69, 9.17) is 0 Å². The molecule has 4 rings (SSSR count). The van der Waals surface area contributed by atoms with Crippen LogP contribution >= 0.6 is 0 Å². The molecule has 0 fully saturated rings. The third kappa shape index (κ3) is 3.49. The van der Waals surface area contributed by atoms with Crippen LogP contribution in [0, 0.1) is 5.82 Å². The zero-order valence-corrected chi connectivity index (χ0v) is 16.6. The van der Waals surface area contributed by atoms with Crippen LogP contribution in [0.1, 0.15) is 5.56 Å². The number of likely N-dealkylation sites (N-methyl/N-ethyl adjacent to an activating group) is 1. The van der Waals surface area contributed by atoms with Crippen molar-refractivity contribution in [3.05, 3.63) is 84.2 Å².